The third-order valence-electron chi connectivity index (χ3n) is 3.77. The highest BCUT2D eigenvalue weighted by atomic mass is 35.5. The van der Waals surface area contributed by atoms with Gasteiger partial charge in [-0.25, -0.2) is 4.98 Å². The zero-order valence-corrected chi connectivity index (χ0v) is 17.4. The lowest BCUT2D eigenvalue weighted by Gasteiger charge is -2.09. The summed E-state index contributed by atoms with van der Waals surface area (Å²) in [6.07, 6.45) is 1.82. The first-order valence-electron chi connectivity index (χ1n) is 8.99. The van der Waals surface area contributed by atoms with Gasteiger partial charge in [-0.3, -0.25) is 10.2 Å². The normalized spacial score (nSPS) is 10.8. The lowest BCUT2D eigenvalue weighted by Crippen LogP contribution is -2.07. The van der Waals surface area contributed by atoms with Crippen molar-refractivity contribution in [1.82, 2.24) is 4.98 Å². The van der Waals surface area contributed by atoms with Crippen LogP contribution in [0.2, 0.25) is 5.02 Å². The van der Waals surface area contributed by atoms with Crippen LogP contribution in [0.25, 0.3) is 0 Å². The Kier molecular flexibility index (Phi) is 7.61. The molecule has 6 nitrogen and oxygen atoms in total. The van der Waals surface area contributed by atoms with E-state index in [1.54, 1.807) is 18.5 Å². The molecule has 0 aliphatic rings. The summed E-state index contributed by atoms with van der Waals surface area (Å²) in [7, 11) is 0. The largest absolute Gasteiger partial charge is 0.488 e. The van der Waals surface area contributed by atoms with Gasteiger partial charge in [0.15, 0.2) is 0 Å². The second kappa shape index (κ2) is 10.6. The zero-order chi connectivity index (χ0) is 20.5. The first kappa shape index (κ1) is 20.8. The minimum absolute atomic E-state index is 0.150. The molecule has 2 aromatic carbocycles. The van der Waals surface area contributed by atoms with Crippen molar-refractivity contribution in [1.29, 1.82) is 0 Å². The topological polar surface area (TPSA) is 72.8 Å². The van der Waals surface area contributed by atoms with Crippen molar-refractivity contribution in [3.05, 3.63) is 75.8 Å². The molecule has 0 amide bonds. The number of para-hydroxylation sites is 1. The number of hydrogen-bond acceptors (Lipinski definition) is 7. The summed E-state index contributed by atoms with van der Waals surface area (Å²) in [4.78, 5) is 15.8. The second-order valence-corrected chi connectivity index (χ2v) is 7.24. The van der Waals surface area contributed by atoms with Gasteiger partial charge in [0, 0.05) is 16.0 Å². The molecule has 1 heterocycles. The van der Waals surface area contributed by atoms with Crippen molar-refractivity contribution in [2.24, 2.45) is 5.10 Å². The average molecular weight is 430 g/mol. The number of benzene rings is 2. The smallest absolute Gasteiger partial charge is 0.311 e. The maximum Gasteiger partial charge on any atom is 0.311 e. The van der Waals surface area contributed by atoms with Crippen molar-refractivity contribution in [3.8, 4) is 5.75 Å². The van der Waals surface area contributed by atoms with Gasteiger partial charge < -0.3 is 9.47 Å². The van der Waals surface area contributed by atoms with E-state index in [9.17, 15) is 4.79 Å². The van der Waals surface area contributed by atoms with Gasteiger partial charge in [-0.05, 0) is 36.8 Å². The molecule has 0 atom stereocenters. The number of hydrogen-bond donors (Lipinski definition) is 1. The third-order valence-corrected chi connectivity index (χ3v) is 4.82. The zero-order valence-electron chi connectivity index (χ0n) is 15.8. The molecule has 0 fully saturated rings. The number of hydrazone groups is 1. The molecule has 0 radical (unpaired) electrons. The number of rotatable bonds is 9. The molecule has 8 heteroatoms. The van der Waals surface area contributed by atoms with E-state index >= 15 is 0 Å². The monoisotopic (exact) mass is 429 g/mol. The Morgan fingerprint density at radius 3 is 2.83 bits per heavy atom. The van der Waals surface area contributed by atoms with E-state index < -0.39 is 0 Å². The molecule has 0 aliphatic carbocycles. The number of esters is 1. The molecule has 0 unspecified atom stereocenters. The summed E-state index contributed by atoms with van der Waals surface area (Å²) < 4.78 is 10.8. The molecule has 0 saturated heterocycles. The van der Waals surface area contributed by atoms with Crippen molar-refractivity contribution in [3.63, 3.8) is 0 Å². The van der Waals surface area contributed by atoms with E-state index in [0.717, 1.165) is 16.9 Å². The van der Waals surface area contributed by atoms with E-state index in [0.29, 0.717) is 29.1 Å². The maximum absolute atomic E-state index is 11.5. The lowest BCUT2D eigenvalue weighted by molar-refractivity contribution is -0.142. The molecule has 150 valence electrons. The molecule has 3 rings (SSSR count). The quantitative estimate of drug-likeness (QED) is 0.296. The van der Waals surface area contributed by atoms with Crippen LogP contribution >= 0.6 is 22.9 Å². The van der Waals surface area contributed by atoms with E-state index in [4.69, 9.17) is 21.1 Å². The van der Waals surface area contributed by atoms with Crippen LogP contribution in [0, 0.1) is 0 Å². The van der Waals surface area contributed by atoms with Crippen molar-refractivity contribution < 1.29 is 14.3 Å². The molecule has 0 bridgehead atoms. The van der Waals surface area contributed by atoms with Crippen LogP contribution in [0.15, 0.2) is 59.0 Å². The standard InChI is InChI=1S/C21H20ClN3O3S/c1-2-27-20(26)11-18-14-29-21(24-18)25-23-12-16-5-3-4-6-19(16)28-13-15-7-9-17(22)10-8-15/h3-10,12,14H,2,11,13H2,1H3,(H,24,25). The predicted molar refractivity (Wildman–Crippen MR) is 116 cm³/mol. The number of ether oxygens (including phenoxy) is 2. The van der Waals surface area contributed by atoms with Gasteiger partial charge >= 0.3 is 5.97 Å². The third kappa shape index (κ3) is 6.58. The minimum Gasteiger partial charge on any atom is -0.488 e. The Balaban J connectivity index is 1.57. The van der Waals surface area contributed by atoms with Crippen LogP contribution < -0.4 is 10.2 Å². The van der Waals surface area contributed by atoms with E-state index in [1.165, 1.54) is 11.3 Å². The van der Waals surface area contributed by atoms with Gasteiger partial charge in [-0.15, -0.1) is 11.3 Å². The second-order valence-electron chi connectivity index (χ2n) is 5.95. The van der Waals surface area contributed by atoms with Gasteiger partial charge in [0.05, 0.1) is 24.9 Å². The average Bonchev–Trinajstić information content (AvgIpc) is 3.15. The molecule has 3 aromatic rings. The number of aromatic nitrogens is 1. The predicted octanol–water partition coefficient (Wildman–Crippen LogP) is 4.93. The number of thiazole rings is 1. The van der Waals surface area contributed by atoms with Crippen LogP contribution in [-0.2, 0) is 22.6 Å². The van der Waals surface area contributed by atoms with E-state index in [-0.39, 0.29) is 12.4 Å². The number of anilines is 1. The molecular formula is C21H20ClN3O3S. The van der Waals surface area contributed by atoms with Gasteiger partial charge in [0.1, 0.15) is 12.4 Å². The number of carbonyl (C=O) groups is 1. The van der Waals surface area contributed by atoms with E-state index in [2.05, 4.69) is 15.5 Å². The summed E-state index contributed by atoms with van der Waals surface area (Å²) in [6, 6.07) is 15.1. The Morgan fingerprint density at radius 1 is 1.24 bits per heavy atom. The first-order valence-corrected chi connectivity index (χ1v) is 10.2. The van der Waals surface area contributed by atoms with Gasteiger partial charge in [-0.2, -0.15) is 5.10 Å². The molecule has 0 spiro atoms. The van der Waals surface area contributed by atoms with Crippen molar-refractivity contribution >= 4 is 40.3 Å². The fraction of sp³-hybridized carbons (Fsp3) is 0.190. The molecule has 0 aliphatic heterocycles. The summed E-state index contributed by atoms with van der Waals surface area (Å²) in [5, 5.41) is 7.32. The molecule has 1 aromatic heterocycles. The van der Waals surface area contributed by atoms with Gasteiger partial charge in [0.2, 0.25) is 5.13 Å². The molecule has 29 heavy (non-hydrogen) atoms. The Hall–Kier alpha value is -2.90. The Labute approximate surface area is 178 Å². The minimum atomic E-state index is -0.292. The Bertz CT molecular complexity index is 973. The highest BCUT2D eigenvalue weighted by Crippen LogP contribution is 2.19. The summed E-state index contributed by atoms with van der Waals surface area (Å²) in [5.74, 6) is 0.426. The molecule has 0 saturated carbocycles. The number of halogens is 1. The summed E-state index contributed by atoms with van der Waals surface area (Å²) in [5.41, 5.74) is 5.39. The number of nitrogens with zero attached hydrogens (tertiary/aromatic N) is 2. The summed E-state index contributed by atoms with van der Waals surface area (Å²) >= 11 is 7.28. The molecular weight excluding hydrogens is 410 g/mol. The SMILES string of the molecule is CCOC(=O)Cc1csc(NN=Cc2ccccc2OCc2ccc(Cl)cc2)n1. The number of carbonyl (C=O) groups excluding carboxylic acids is 1. The van der Waals surface area contributed by atoms with Gasteiger partial charge in [0.25, 0.3) is 0 Å². The van der Waals surface area contributed by atoms with E-state index in [1.807, 2.05) is 48.5 Å². The highest BCUT2D eigenvalue weighted by molar-refractivity contribution is 7.13. The lowest BCUT2D eigenvalue weighted by atomic mass is 10.2. The van der Waals surface area contributed by atoms with Crippen LogP contribution in [0.5, 0.6) is 5.75 Å². The first-order chi connectivity index (χ1) is 14.1. The molecule has 1 N–H and O–H groups in total. The fourth-order valence-electron chi connectivity index (χ4n) is 2.42. The van der Waals surface area contributed by atoms with Crippen LogP contribution in [0.4, 0.5) is 5.13 Å². The maximum atomic E-state index is 11.5. The Morgan fingerprint density at radius 2 is 2.03 bits per heavy atom. The van der Waals surface area contributed by atoms with Crippen molar-refractivity contribution in [2.45, 2.75) is 20.0 Å². The van der Waals surface area contributed by atoms with Gasteiger partial charge in [-0.1, -0.05) is 35.9 Å². The van der Waals surface area contributed by atoms with Crippen LogP contribution in [0.3, 0.4) is 0 Å². The van der Waals surface area contributed by atoms with Crippen LogP contribution in [-0.4, -0.2) is 23.8 Å². The van der Waals surface area contributed by atoms with Crippen molar-refractivity contribution in [2.75, 3.05) is 12.0 Å². The fourth-order valence-corrected chi connectivity index (χ4v) is 3.20. The van der Waals surface area contributed by atoms with Crippen LogP contribution in [0.1, 0.15) is 23.7 Å². The highest BCUT2D eigenvalue weighted by Gasteiger charge is 2.08. The number of nitrogens with one attached hydrogen (secondary N) is 1. The summed E-state index contributed by atoms with van der Waals surface area (Å²) in [6.45, 7) is 2.56.